The maximum absolute atomic E-state index is 12.5. The number of amides is 1. The van der Waals surface area contributed by atoms with Crippen LogP contribution in [-0.4, -0.2) is 61.9 Å². The lowest BCUT2D eigenvalue weighted by atomic mass is 10.2. The van der Waals surface area contributed by atoms with Gasteiger partial charge in [0, 0.05) is 31.9 Å². The van der Waals surface area contributed by atoms with Crippen molar-refractivity contribution in [2.45, 2.75) is 20.0 Å². The number of benzene rings is 2. The molecular formula is C23H29N3O4. The van der Waals surface area contributed by atoms with Crippen molar-refractivity contribution in [1.82, 2.24) is 9.80 Å². The number of nitrogens with one attached hydrogen (secondary N) is 1. The Morgan fingerprint density at radius 2 is 1.77 bits per heavy atom. The molecule has 0 aliphatic carbocycles. The molecule has 0 bridgehead atoms. The second-order valence-corrected chi connectivity index (χ2v) is 7.62. The number of hydrogen-bond donors (Lipinski definition) is 1. The van der Waals surface area contributed by atoms with E-state index in [-0.39, 0.29) is 12.7 Å². The maximum Gasteiger partial charge on any atom is 0.238 e. The van der Waals surface area contributed by atoms with Crippen molar-refractivity contribution >= 4 is 11.6 Å². The van der Waals surface area contributed by atoms with Crippen LogP contribution in [0.4, 0.5) is 5.69 Å². The van der Waals surface area contributed by atoms with Crippen molar-refractivity contribution in [3.63, 3.8) is 0 Å². The molecule has 7 heteroatoms. The van der Waals surface area contributed by atoms with Crippen LogP contribution in [0.2, 0.25) is 0 Å². The third-order valence-electron chi connectivity index (χ3n) is 5.41. The molecule has 7 nitrogen and oxygen atoms in total. The minimum Gasteiger partial charge on any atom is -0.454 e. The Bertz CT molecular complexity index is 850. The second kappa shape index (κ2) is 9.93. The van der Waals surface area contributed by atoms with E-state index in [1.165, 1.54) is 5.56 Å². The first kappa shape index (κ1) is 20.7. The highest BCUT2D eigenvalue weighted by molar-refractivity contribution is 5.92. The predicted molar refractivity (Wildman–Crippen MR) is 115 cm³/mol. The lowest BCUT2D eigenvalue weighted by molar-refractivity contribution is -0.117. The highest BCUT2D eigenvalue weighted by Gasteiger charge is 2.16. The van der Waals surface area contributed by atoms with Gasteiger partial charge in [-0.2, -0.15) is 0 Å². The summed E-state index contributed by atoms with van der Waals surface area (Å²) >= 11 is 0. The van der Waals surface area contributed by atoms with E-state index in [2.05, 4.69) is 34.2 Å². The number of likely N-dealkylation sites (N-methyl/N-ethyl adjacent to an activating group) is 1. The number of morpholine rings is 1. The van der Waals surface area contributed by atoms with Gasteiger partial charge >= 0.3 is 0 Å². The highest BCUT2D eigenvalue weighted by atomic mass is 16.7. The minimum absolute atomic E-state index is 0.0153. The first-order valence-corrected chi connectivity index (χ1v) is 10.5. The SMILES string of the molecule is CCN(CC(=O)Nc1ccc(CN2CCOCC2)cc1)Cc1ccc2c(c1)OCO2. The van der Waals surface area contributed by atoms with E-state index >= 15 is 0 Å². The lowest BCUT2D eigenvalue weighted by Crippen LogP contribution is -2.35. The first-order chi connectivity index (χ1) is 14.7. The molecule has 1 saturated heterocycles. The molecule has 30 heavy (non-hydrogen) atoms. The first-order valence-electron chi connectivity index (χ1n) is 10.5. The molecule has 0 atom stereocenters. The van der Waals surface area contributed by atoms with E-state index in [0.717, 1.165) is 62.1 Å². The van der Waals surface area contributed by atoms with Gasteiger partial charge in [0.2, 0.25) is 12.7 Å². The van der Waals surface area contributed by atoms with Crippen LogP contribution >= 0.6 is 0 Å². The van der Waals surface area contributed by atoms with Crippen molar-refractivity contribution < 1.29 is 19.0 Å². The van der Waals surface area contributed by atoms with E-state index < -0.39 is 0 Å². The number of anilines is 1. The van der Waals surface area contributed by atoms with Gasteiger partial charge in [-0.15, -0.1) is 0 Å². The predicted octanol–water partition coefficient (Wildman–Crippen LogP) is 2.71. The van der Waals surface area contributed by atoms with E-state index in [4.69, 9.17) is 14.2 Å². The average molecular weight is 412 g/mol. The monoisotopic (exact) mass is 411 g/mol. The molecule has 0 aromatic heterocycles. The zero-order valence-corrected chi connectivity index (χ0v) is 17.4. The van der Waals surface area contributed by atoms with E-state index in [1.807, 2.05) is 30.3 Å². The summed E-state index contributed by atoms with van der Waals surface area (Å²) in [5, 5.41) is 3.01. The van der Waals surface area contributed by atoms with Gasteiger partial charge in [-0.25, -0.2) is 0 Å². The second-order valence-electron chi connectivity index (χ2n) is 7.62. The van der Waals surface area contributed by atoms with Crippen LogP contribution < -0.4 is 14.8 Å². The third-order valence-corrected chi connectivity index (χ3v) is 5.41. The molecule has 0 saturated carbocycles. The van der Waals surface area contributed by atoms with Crippen molar-refractivity contribution in [2.75, 3.05) is 51.5 Å². The largest absolute Gasteiger partial charge is 0.454 e. The molecule has 0 spiro atoms. The van der Waals surface area contributed by atoms with Crippen molar-refractivity contribution in [2.24, 2.45) is 0 Å². The number of hydrogen-bond acceptors (Lipinski definition) is 6. The number of carbonyl (C=O) groups is 1. The van der Waals surface area contributed by atoms with Crippen LogP contribution in [0.15, 0.2) is 42.5 Å². The van der Waals surface area contributed by atoms with Gasteiger partial charge in [0.1, 0.15) is 0 Å². The summed E-state index contributed by atoms with van der Waals surface area (Å²) in [7, 11) is 0. The van der Waals surface area contributed by atoms with Gasteiger partial charge in [0.05, 0.1) is 19.8 Å². The number of carbonyl (C=O) groups excluding carboxylic acids is 1. The van der Waals surface area contributed by atoms with Crippen LogP contribution in [0.5, 0.6) is 11.5 Å². The van der Waals surface area contributed by atoms with Crippen LogP contribution in [-0.2, 0) is 22.6 Å². The van der Waals surface area contributed by atoms with Gasteiger partial charge in [-0.1, -0.05) is 25.1 Å². The molecule has 2 aliphatic rings. The van der Waals surface area contributed by atoms with Gasteiger partial charge in [0.15, 0.2) is 11.5 Å². The molecule has 0 unspecified atom stereocenters. The summed E-state index contributed by atoms with van der Waals surface area (Å²) in [4.78, 5) is 17.0. The molecule has 0 radical (unpaired) electrons. The number of rotatable bonds is 8. The van der Waals surface area contributed by atoms with Gasteiger partial charge in [-0.3, -0.25) is 14.6 Å². The zero-order valence-electron chi connectivity index (χ0n) is 17.4. The minimum atomic E-state index is -0.0153. The van der Waals surface area contributed by atoms with Crippen molar-refractivity contribution in [3.8, 4) is 11.5 Å². The summed E-state index contributed by atoms with van der Waals surface area (Å²) in [5.74, 6) is 1.53. The van der Waals surface area contributed by atoms with Crippen LogP contribution in [0.3, 0.4) is 0 Å². The van der Waals surface area contributed by atoms with E-state index in [1.54, 1.807) is 0 Å². The normalized spacial score (nSPS) is 16.1. The van der Waals surface area contributed by atoms with Crippen molar-refractivity contribution in [3.05, 3.63) is 53.6 Å². The topological polar surface area (TPSA) is 63.3 Å². The number of fused-ring (bicyclic) bond motifs is 1. The molecule has 2 aromatic carbocycles. The van der Waals surface area contributed by atoms with Gasteiger partial charge in [-0.05, 0) is 41.9 Å². The Morgan fingerprint density at radius 3 is 2.53 bits per heavy atom. The Hall–Kier alpha value is -2.61. The fourth-order valence-corrected chi connectivity index (χ4v) is 3.69. The van der Waals surface area contributed by atoms with E-state index in [9.17, 15) is 4.79 Å². The Morgan fingerprint density at radius 1 is 1.03 bits per heavy atom. The Balaban J connectivity index is 1.27. The summed E-state index contributed by atoms with van der Waals surface area (Å²) in [6.07, 6.45) is 0. The summed E-state index contributed by atoms with van der Waals surface area (Å²) in [6, 6.07) is 14.0. The van der Waals surface area contributed by atoms with Crippen LogP contribution in [0, 0.1) is 0 Å². The Kier molecular flexibility index (Phi) is 6.84. The zero-order chi connectivity index (χ0) is 20.8. The summed E-state index contributed by atoms with van der Waals surface area (Å²) < 4.78 is 16.2. The molecule has 2 aliphatic heterocycles. The average Bonchev–Trinajstić information content (AvgIpc) is 3.23. The quantitative estimate of drug-likeness (QED) is 0.721. The molecule has 2 aromatic rings. The van der Waals surface area contributed by atoms with Crippen LogP contribution in [0.25, 0.3) is 0 Å². The van der Waals surface area contributed by atoms with Gasteiger partial charge < -0.3 is 19.5 Å². The fourth-order valence-electron chi connectivity index (χ4n) is 3.69. The molecule has 1 fully saturated rings. The van der Waals surface area contributed by atoms with Crippen LogP contribution in [0.1, 0.15) is 18.1 Å². The molecule has 1 amide bonds. The standard InChI is InChI=1S/C23H29N3O4/c1-2-25(15-19-5-8-21-22(13-19)30-17-29-21)16-23(27)24-20-6-3-18(4-7-20)14-26-9-11-28-12-10-26/h3-8,13H,2,9-12,14-17H2,1H3,(H,24,27). The molecular weight excluding hydrogens is 382 g/mol. The molecule has 4 rings (SSSR count). The number of ether oxygens (including phenoxy) is 3. The highest BCUT2D eigenvalue weighted by Crippen LogP contribution is 2.32. The Labute approximate surface area is 177 Å². The maximum atomic E-state index is 12.5. The van der Waals surface area contributed by atoms with E-state index in [0.29, 0.717) is 13.1 Å². The fraction of sp³-hybridized carbons (Fsp3) is 0.435. The molecule has 160 valence electrons. The summed E-state index contributed by atoms with van der Waals surface area (Å²) in [6.45, 7) is 8.56. The third kappa shape index (κ3) is 5.50. The molecule has 1 N–H and O–H groups in total. The van der Waals surface area contributed by atoms with Crippen molar-refractivity contribution in [1.29, 1.82) is 0 Å². The molecule has 2 heterocycles. The summed E-state index contributed by atoms with van der Waals surface area (Å²) in [5.41, 5.74) is 3.17. The lowest BCUT2D eigenvalue weighted by Gasteiger charge is -2.26. The number of nitrogens with zero attached hydrogens (tertiary/aromatic N) is 2. The smallest absolute Gasteiger partial charge is 0.238 e. The van der Waals surface area contributed by atoms with Gasteiger partial charge in [0.25, 0.3) is 0 Å².